The van der Waals surface area contributed by atoms with Crippen LogP contribution in [0, 0.1) is 0 Å². The Morgan fingerprint density at radius 1 is 1.24 bits per heavy atom. The number of nitrogens with one attached hydrogen (secondary N) is 1. The molecular weight excluding hydrogens is 344 g/mol. The molecule has 3 nitrogen and oxygen atoms in total. The van der Waals surface area contributed by atoms with Gasteiger partial charge in [0.2, 0.25) is 0 Å². The summed E-state index contributed by atoms with van der Waals surface area (Å²) in [7, 11) is 0. The summed E-state index contributed by atoms with van der Waals surface area (Å²) in [5.74, 6) is -0.0673. The molecule has 1 aromatic carbocycles. The molecular formula is C12H16ClNO2Sn. The van der Waals surface area contributed by atoms with Gasteiger partial charge in [0.05, 0.1) is 0 Å². The summed E-state index contributed by atoms with van der Waals surface area (Å²) in [5.41, 5.74) is 0.618. The summed E-state index contributed by atoms with van der Waals surface area (Å²) in [6.45, 7) is 0. The Hall–Kier alpha value is -0.551. The van der Waals surface area contributed by atoms with Crippen LogP contribution in [0.15, 0.2) is 30.3 Å². The van der Waals surface area contributed by atoms with Crippen molar-refractivity contribution >= 4 is 39.7 Å². The maximum absolute atomic E-state index is 11.8. The molecule has 0 unspecified atom stereocenters. The van der Waals surface area contributed by atoms with E-state index in [0.29, 0.717) is 10.1 Å². The molecule has 0 atom stereocenters. The predicted molar refractivity (Wildman–Crippen MR) is 72.0 cm³/mol. The zero-order chi connectivity index (χ0) is 12.9. The average molecular weight is 360 g/mol. The second kappa shape index (κ2) is 6.40. The third kappa shape index (κ3) is 4.31. The van der Waals surface area contributed by atoms with Crippen LogP contribution < -0.4 is 5.32 Å². The Morgan fingerprint density at radius 2 is 1.82 bits per heavy atom. The fourth-order valence-corrected chi connectivity index (χ4v) is 7.01. The zero-order valence-corrected chi connectivity index (χ0v) is 13.6. The Balaban J connectivity index is 2.57. The van der Waals surface area contributed by atoms with Crippen LogP contribution in [0.1, 0.15) is 10.4 Å². The van der Waals surface area contributed by atoms with Crippen molar-refractivity contribution in [3.63, 3.8) is 0 Å². The van der Waals surface area contributed by atoms with Crippen molar-refractivity contribution in [1.82, 2.24) is 5.32 Å². The van der Waals surface area contributed by atoms with E-state index >= 15 is 0 Å². The molecule has 92 valence electrons. The van der Waals surface area contributed by atoms with Gasteiger partial charge in [-0.15, -0.1) is 0 Å². The van der Waals surface area contributed by atoms with Crippen molar-refractivity contribution in [3.8, 4) is 0 Å². The molecule has 0 spiro atoms. The van der Waals surface area contributed by atoms with E-state index in [2.05, 4.69) is 5.32 Å². The van der Waals surface area contributed by atoms with Crippen LogP contribution in [0.4, 0.5) is 0 Å². The number of hydrogen-bond donors (Lipinski definition) is 1. The van der Waals surface area contributed by atoms with Crippen LogP contribution in [0.2, 0.25) is 9.88 Å². The van der Waals surface area contributed by atoms with Crippen molar-refractivity contribution in [1.29, 1.82) is 0 Å². The summed E-state index contributed by atoms with van der Waals surface area (Å²) < 4.78 is 0.628. The monoisotopic (exact) mass is 361 g/mol. The van der Waals surface area contributed by atoms with Gasteiger partial charge in [0.1, 0.15) is 0 Å². The minimum atomic E-state index is -2.86. The number of hydrogen-bond acceptors (Lipinski definition) is 2. The molecule has 0 aliphatic heterocycles. The standard InChI is InChI=1S/C8H8NO.C2H2ClO.2CH3.Sn/c1-9-8(10)7-5-3-2-4-6-7;3-1-2-4;;;/h2-6H,1H2,(H,9,10);1H2;2*1H3;. The fourth-order valence-electron chi connectivity index (χ4n) is 1.27. The summed E-state index contributed by atoms with van der Waals surface area (Å²) >= 11 is 2.70. The topological polar surface area (TPSA) is 46.2 Å². The van der Waals surface area contributed by atoms with E-state index in [1.165, 1.54) is 0 Å². The van der Waals surface area contributed by atoms with Crippen LogP contribution in [-0.2, 0) is 4.79 Å². The summed E-state index contributed by atoms with van der Waals surface area (Å²) in [6, 6.07) is 8.99. The van der Waals surface area contributed by atoms with Gasteiger partial charge >= 0.3 is 111 Å². The fraction of sp³-hybridized carbons (Fsp3) is 0.333. The van der Waals surface area contributed by atoms with Gasteiger partial charge in [0.15, 0.2) is 0 Å². The van der Waals surface area contributed by atoms with Gasteiger partial charge in [-0.1, -0.05) is 0 Å². The van der Waals surface area contributed by atoms with Gasteiger partial charge in [-0.25, -0.2) is 0 Å². The molecule has 0 radical (unpaired) electrons. The van der Waals surface area contributed by atoms with E-state index < -0.39 is 18.4 Å². The first-order chi connectivity index (χ1) is 7.97. The van der Waals surface area contributed by atoms with Gasteiger partial charge < -0.3 is 0 Å². The number of amides is 1. The molecule has 1 rings (SSSR count). The Labute approximate surface area is 110 Å². The first-order valence-electron chi connectivity index (χ1n) is 5.40. The van der Waals surface area contributed by atoms with E-state index in [1.807, 2.05) is 28.1 Å². The molecule has 0 fully saturated rings. The Bertz CT molecular complexity index is 406. The van der Waals surface area contributed by atoms with Gasteiger partial charge in [-0.2, -0.15) is 0 Å². The van der Waals surface area contributed by atoms with E-state index in [9.17, 15) is 9.59 Å². The normalized spacial score (nSPS) is 11.0. The number of carbonyl (C=O) groups excluding carboxylic acids is 2. The Kier molecular flexibility index (Phi) is 5.46. The van der Waals surface area contributed by atoms with Crippen LogP contribution >= 0.6 is 11.6 Å². The quantitative estimate of drug-likeness (QED) is 0.645. The summed E-state index contributed by atoms with van der Waals surface area (Å²) in [6.07, 6.45) is 0. The molecule has 5 heteroatoms. The second-order valence-electron chi connectivity index (χ2n) is 4.49. The van der Waals surface area contributed by atoms with Crippen molar-refractivity contribution in [2.24, 2.45) is 0 Å². The number of rotatable bonds is 5. The van der Waals surface area contributed by atoms with Crippen molar-refractivity contribution in [3.05, 3.63) is 35.9 Å². The number of benzene rings is 1. The van der Waals surface area contributed by atoms with Crippen LogP contribution in [-0.4, -0.2) is 38.5 Å². The van der Waals surface area contributed by atoms with Crippen LogP contribution in [0.25, 0.3) is 0 Å². The van der Waals surface area contributed by atoms with Crippen molar-refractivity contribution < 1.29 is 9.59 Å². The molecule has 0 saturated carbocycles. The van der Waals surface area contributed by atoms with E-state index in [4.69, 9.17) is 11.6 Å². The third-order valence-electron chi connectivity index (χ3n) is 2.60. The number of halogens is 1. The zero-order valence-electron chi connectivity index (χ0n) is 10.00. The molecule has 1 amide bonds. The average Bonchev–Trinajstić information content (AvgIpc) is 2.36. The second-order valence-corrected chi connectivity index (χ2v) is 18.1. The number of alkyl halides is 1. The molecule has 0 bridgehead atoms. The van der Waals surface area contributed by atoms with Gasteiger partial charge in [0.25, 0.3) is 0 Å². The molecule has 0 heterocycles. The molecule has 1 N–H and O–H groups in total. The molecule has 0 aromatic heterocycles. The van der Waals surface area contributed by atoms with Gasteiger partial charge in [-0.05, 0) is 0 Å². The molecule has 1 aromatic rings. The van der Waals surface area contributed by atoms with Gasteiger partial charge in [0, 0.05) is 0 Å². The van der Waals surface area contributed by atoms with E-state index in [0.717, 1.165) is 0 Å². The maximum atomic E-state index is 11.8. The SMILES string of the molecule is [CH3][Sn]([CH3])([CH2]NC(=O)c1ccccc1)[C](=O)CCl. The van der Waals surface area contributed by atoms with Crippen molar-refractivity contribution in [2.75, 3.05) is 10.4 Å². The summed E-state index contributed by atoms with van der Waals surface area (Å²) in [5, 5.41) is 2.83. The summed E-state index contributed by atoms with van der Waals surface area (Å²) in [4.78, 5) is 27.3. The predicted octanol–water partition coefficient (Wildman–Crippen LogP) is 2.01. The van der Waals surface area contributed by atoms with Gasteiger partial charge in [-0.3, -0.25) is 0 Å². The van der Waals surface area contributed by atoms with Crippen LogP contribution in [0.5, 0.6) is 0 Å². The van der Waals surface area contributed by atoms with Crippen molar-refractivity contribution in [2.45, 2.75) is 9.88 Å². The first-order valence-corrected chi connectivity index (χ1v) is 15.1. The first kappa shape index (κ1) is 14.5. The minimum absolute atomic E-state index is 0.0598. The molecule has 0 aliphatic rings. The van der Waals surface area contributed by atoms with Crippen LogP contribution in [0.3, 0.4) is 0 Å². The molecule has 0 aliphatic carbocycles. The Morgan fingerprint density at radius 3 is 2.35 bits per heavy atom. The molecule has 17 heavy (non-hydrogen) atoms. The van der Waals surface area contributed by atoms with E-state index in [-0.39, 0.29) is 15.6 Å². The number of carbonyl (C=O) groups is 2. The molecule has 0 saturated heterocycles. The van der Waals surface area contributed by atoms with E-state index in [1.54, 1.807) is 12.1 Å². The third-order valence-corrected chi connectivity index (χ3v) is 11.3.